The number of rotatable bonds is 2. The SMILES string of the molecule is Cn1cc(N2CCC(N=C3NS(=O)(=O)c4ccccc43)CC2)c(=O)n(C)c1=O. The summed E-state index contributed by atoms with van der Waals surface area (Å²) in [5.41, 5.74) is 0.409. The molecule has 2 aromatic rings. The molecule has 1 N–H and O–H groups in total. The molecule has 0 bridgehead atoms. The highest BCUT2D eigenvalue weighted by atomic mass is 32.2. The first-order valence-corrected chi connectivity index (χ1v) is 10.5. The fourth-order valence-electron chi connectivity index (χ4n) is 3.65. The number of aromatic nitrogens is 2. The van der Waals surface area contributed by atoms with Gasteiger partial charge in [-0.05, 0) is 25.0 Å². The summed E-state index contributed by atoms with van der Waals surface area (Å²) in [6.07, 6.45) is 2.93. The van der Waals surface area contributed by atoms with Gasteiger partial charge in [-0.2, -0.15) is 0 Å². The van der Waals surface area contributed by atoms with Crippen LogP contribution in [-0.2, 0) is 24.1 Å². The van der Waals surface area contributed by atoms with Crippen molar-refractivity contribution in [2.24, 2.45) is 19.1 Å². The highest BCUT2D eigenvalue weighted by molar-refractivity contribution is 7.90. The Kier molecular flexibility index (Phi) is 4.37. The third-order valence-corrected chi connectivity index (χ3v) is 6.61. The molecule has 2 aliphatic heterocycles. The smallest absolute Gasteiger partial charge is 0.330 e. The van der Waals surface area contributed by atoms with Crippen LogP contribution in [0.1, 0.15) is 18.4 Å². The summed E-state index contributed by atoms with van der Waals surface area (Å²) in [5.74, 6) is 0.382. The van der Waals surface area contributed by atoms with E-state index in [0.29, 0.717) is 43.0 Å². The number of amidine groups is 1. The molecule has 1 aromatic heterocycles. The van der Waals surface area contributed by atoms with Gasteiger partial charge in [0.15, 0.2) is 0 Å². The van der Waals surface area contributed by atoms with E-state index >= 15 is 0 Å². The second kappa shape index (κ2) is 6.62. The third-order valence-electron chi connectivity index (χ3n) is 5.21. The molecule has 0 amide bonds. The zero-order valence-corrected chi connectivity index (χ0v) is 16.4. The maximum absolute atomic E-state index is 12.4. The quantitative estimate of drug-likeness (QED) is 0.747. The van der Waals surface area contributed by atoms with Crippen molar-refractivity contribution in [1.29, 1.82) is 0 Å². The molecule has 9 nitrogen and oxygen atoms in total. The van der Waals surface area contributed by atoms with Crippen LogP contribution in [0.4, 0.5) is 5.69 Å². The topological polar surface area (TPSA) is 106 Å². The number of aliphatic imine (C=N–C) groups is 1. The third kappa shape index (κ3) is 3.03. The minimum absolute atomic E-state index is 0.0449. The van der Waals surface area contributed by atoms with Crippen LogP contribution in [0.15, 0.2) is 49.9 Å². The standard InChI is InChI=1S/C18H21N5O4S/c1-21-11-14(17(24)22(2)18(21)25)23-9-7-12(8-10-23)19-16-13-5-3-4-6-15(13)28(26,27)20-16/h3-6,11-12H,7-10H2,1-2H3,(H,19,20). The van der Waals surface area contributed by atoms with Crippen LogP contribution in [0.25, 0.3) is 0 Å². The van der Waals surface area contributed by atoms with Crippen LogP contribution in [0, 0.1) is 0 Å². The van der Waals surface area contributed by atoms with E-state index in [1.807, 2.05) is 4.90 Å². The normalized spacial score (nSPS) is 20.2. The summed E-state index contributed by atoms with van der Waals surface area (Å²) in [5, 5.41) is 0. The van der Waals surface area contributed by atoms with Crippen molar-refractivity contribution in [3.05, 3.63) is 56.9 Å². The average Bonchev–Trinajstić information content (AvgIpc) is 2.94. The maximum atomic E-state index is 12.4. The summed E-state index contributed by atoms with van der Waals surface area (Å²) in [6, 6.07) is 6.74. The number of hydrogen-bond donors (Lipinski definition) is 1. The van der Waals surface area contributed by atoms with Crippen molar-refractivity contribution in [2.75, 3.05) is 18.0 Å². The first kappa shape index (κ1) is 18.5. The largest absolute Gasteiger partial charge is 0.366 e. The molecule has 1 saturated heterocycles. The monoisotopic (exact) mass is 403 g/mol. The lowest BCUT2D eigenvalue weighted by atomic mass is 10.0. The molecule has 148 valence electrons. The van der Waals surface area contributed by atoms with Crippen molar-refractivity contribution in [1.82, 2.24) is 13.9 Å². The van der Waals surface area contributed by atoms with Gasteiger partial charge in [0.1, 0.15) is 11.5 Å². The van der Waals surface area contributed by atoms with Crippen LogP contribution in [0.3, 0.4) is 0 Å². The number of fused-ring (bicyclic) bond motifs is 1. The molecule has 10 heteroatoms. The number of piperidine rings is 1. The number of aryl methyl sites for hydroxylation is 1. The maximum Gasteiger partial charge on any atom is 0.330 e. The Morgan fingerprint density at radius 3 is 2.50 bits per heavy atom. The van der Waals surface area contributed by atoms with Crippen LogP contribution < -0.4 is 20.9 Å². The Hall–Kier alpha value is -2.88. The van der Waals surface area contributed by atoms with Gasteiger partial charge >= 0.3 is 5.69 Å². The molecule has 0 saturated carbocycles. The summed E-state index contributed by atoms with van der Waals surface area (Å²) in [4.78, 5) is 31.1. The van der Waals surface area contributed by atoms with Gasteiger partial charge in [-0.25, -0.2) is 13.2 Å². The molecule has 3 heterocycles. The molecule has 28 heavy (non-hydrogen) atoms. The summed E-state index contributed by atoms with van der Waals surface area (Å²) in [7, 11) is -0.459. The van der Waals surface area contributed by atoms with Crippen LogP contribution in [0.5, 0.6) is 0 Å². The molecular weight excluding hydrogens is 382 g/mol. The van der Waals surface area contributed by atoms with E-state index in [1.54, 1.807) is 37.5 Å². The molecule has 2 aliphatic rings. The Labute approximate surface area is 162 Å². The predicted octanol–water partition coefficient (Wildman–Crippen LogP) is -0.208. The van der Waals surface area contributed by atoms with E-state index in [9.17, 15) is 18.0 Å². The molecule has 1 aromatic carbocycles. The molecule has 0 unspecified atom stereocenters. The molecule has 1 fully saturated rings. The fraction of sp³-hybridized carbons (Fsp3) is 0.389. The van der Waals surface area contributed by atoms with Gasteiger partial charge < -0.3 is 9.47 Å². The summed E-state index contributed by atoms with van der Waals surface area (Å²) < 4.78 is 29.4. The van der Waals surface area contributed by atoms with E-state index < -0.39 is 10.0 Å². The zero-order valence-electron chi connectivity index (χ0n) is 15.6. The van der Waals surface area contributed by atoms with Gasteiger partial charge in [0, 0.05) is 38.9 Å². The molecule has 0 radical (unpaired) electrons. The second-order valence-electron chi connectivity index (χ2n) is 7.07. The van der Waals surface area contributed by atoms with Gasteiger partial charge in [0.2, 0.25) is 0 Å². The average molecular weight is 403 g/mol. The fourth-order valence-corrected chi connectivity index (χ4v) is 4.89. The highest BCUT2D eigenvalue weighted by Gasteiger charge is 2.31. The predicted molar refractivity (Wildman–Crippen MR) is 105 cm³/mol. The van der Waals surface area contributed by atoms with Gasteiger partial charge in [0.25, 0.3) is 15.6 Å². The number of benzene rings is 1. The lowest BCUT2D eigenvalue weighted by Gasteiger charge is -2.31. The summed E-state index contributed by atoms with van der Waals surface area (Å²) >= 11 is 0. The Bertz CT molecular complexity index is 1190. The van der Waals surface area contributed by atoms with E-state index in [1.165, 1.54) is 11.6 Å². The minimum atomic E-state index is -3.55. The van der Waals surface area contributed by atoms with E-state index in [2.05, 4.69) is 9.71 Å². The van der Waals surface area contributed by atoms with Crippen molar-refractivity contribution in [3.63, 3.8) is 0 Å². The molecule has 0 spiro atoms. The van der Waals surface area contributed by atoms with Crippen molar-refractivity contribution in [2.45, 2.75) is 23.8 Å². The number of anilines is 1. The molecule has 4 rings (SSSR count). The van der Waals surface area contributed by atoms with Crippen molar-refractivity contribution >= 4 is 21.5 Å². The van der Waals surface area contributed by atoms with Gasteiger partial charge in [-0.15, -0.1) is 0 Å². The van der Waals surface area contributed by atoms with Gasteiger partial charge in [0.05, 0.1) is 10.9 Å². The number of nitrogens with one attached hydrogen (secondary N) is 1. The minimum Gasteiger partial charge on any atom is -0.366 e. The first-order chi connectivity index (χ1) is 13.3. The second-order valence-corrected chi connectivity index (χ2v) is 8.72. The Morgan fingerprint density at radius 1 is 1.11 bits per heavy atom. The first-order valence-electron chi connectivity index (χ1n) is 8.99. The molecule has 0 atom stereocenters. The van der Waals surface area contributed by atoms with Crippen LogP contribution >= 0.6 is 0 Å². The molecular formula is C18H21N5O4S. The summed E-state index contributed by atoms with van der Waals surface area (Å²) in [6.45, 7) is 1.20. The lowest BCUT2D eigenvalue weighted by Crippen LogP contribution is -2.44. The lowest BCUT2D eigenvalue weighted by molar-refractivity contribution is 0.498. The van der Waals surface area contributed by atoms with Gasteiger partial charge in [-0.3, -0.25) is 19.1 Å². The Balaban J connectivity index is 1.54. The number of nitrogens with zero attached hydrogens (tertiary/aromatic N) is 4. The van der Waals surface area contributed by atoms with Crippen molar-refractivity contribution in [3.8, 4) is 0 Å². The number of sulfonamides is 1. The Morgan fingerprint density at radius 2 is 1.79 bits per heavy atom. The molecule has 0 aliphatic carbocycles. The number of hydrogen-bond acceptors (Lipinski definition) is 6. The van der Waals surface area contributed by atoms with Gasteiger partial charge in [-0.1, -0.05) is 12.1 Å². The zero-order chi connectivity index (χ0) is 20.1. The highest BCUT2D eigenvalue weighted by Crippen LogP contribution is 2.24. The van der Waals surface area contributed by atoms with E-state index in [4.69, 9.17) is 0 Å². The van der Waals surface area contributed by atoms with Crippen LogP contribution in [0.2, 0.25) is 0 Å². The van der Waals surface area contributed by atoms with E-state index in [-0.39, 0.29) is 22.2 Å². The van der Waals surface area contributed by atoms with E-state index in [0.717, 1.165) is 4.57 Å². The van der Waals surface area contributed by atoms with Crippen molar-refractivity contribution < 1.29 is 8.42 Å². The van der Waals surface area contributed by atoms with Crippen LogP contribution in [-0.4, -0.2) is 42.5 Å².